The van der Waals surface area contributed by atoms with Crippen molar-refractivity contribution in [2.75, 3.05) is 13.2 Å². The van der Waals surface area contributed by atoms with Crippen LogP contribution < -0.4 is 11.1 Å². The number of carbonyl (C=O) groups is 1. The lowest BCUT2D eigenvalue weighted by Crippen LogP contribution is -2.36. The van der Waals surface area contributed by atoms with E-state index in [1.165, 1.54) is 0 Å². The molecule has 0 aliphatic carbocycles. The molecule has 4 heteroatoms. The second-order valence-corrected chi connectivity index (χ2v) is 5.03. The van der Waals surface area contributed by atoms with Crippen LogP contribution in [-0.2, 0) is 6.54 Å². The van der Waals surface area contributed by atoms with E-state index < -0.39 is 5.91 Å². The van der Waals surface area contributed by atoms with Gasteiger partial charge in [-0.05, 0) is 30.5 Å². The van der Waals surface area contributed by atoms with Gasteiger partial charge in [0.15, 0.2) is 0 Å². The van der Waals surface area contributed by atoms with Crippen LogP contribution in [0.4, 0.5) is 0 Å². The zero-order chi connectivity index (χ0) is 14.3. The van der Waals surface area contributed by atoms with Crippen LogP contribution in [0.15, 0.2) is 24.3 Å². The van der Waals surface area contributed by atoms with Crippen LogP contribution in [0.5, 0.6) is 0 Å². The molecule has 0 heterocycles. The molecule has 0 saturated heterocycles. The average Bonchev–Trinajstić information content (AvgIpc) is 2.44. The molecule has 1 rings (SSSR count). The van der Waals surface area contributed by atoms with Crippen LogP contribution in [0.1, 0.15) is 42.6 Å². The molecular formula is C15H24N2O2. The van der Waals surface area contributed by atoms with Gasteiger partial charge in [-0.25, -0.2) is 0 Å². The van der Waals surface area contributed by atoms with E-state index in [1.54, 1.807) is 12.1 Å². The summed E-state index contributed by atoms with van der Waals surface area (Å²) in [5.74, 6) is -0.409. The van der Waals surface area contributed by atoms with Crippen LogP contribution in [0.2, 0.25) is 0 Å². The third kappa shape index (κ3) is 4.33. The number of amides is 1. The van der Waals surface area contributed by atoms with Crippen molar-refractivity contribution in [1.29, 1.82) is 0 Å². The minimum absolute atomic E-state index is 0.0543. The van der Waals surface area contributed by atoms with Crippen LogP contribution in [0.25, 0.3) is 0 Å². The Bertz CT molecular complexity index is 406. The van der Waals surface area contributed by atoms with Crippen molar-refractivity contribution in [2.24, 2.45) is 11.1 Å². The lowest BCUT2D eigenvalue weighted by atomic mass is 9.83. The highest BCUT2D eigenvalue weighted by atomic mass is 16.3. The summed E-state index contributed by atoms with van der Waals surface area (Å²) in [5, 5.41) is 12.8. The number of aliphatic hydroxyl groups is 1. The third-order valence-corrected chi connectivity index (χ3v) is 3.88. The van der Waals surface area contributed by atoms with Crippen molar-refractivity contribution in [2.45, 2.75) is 33.2 Å². The summed E-state index contributed by atoms with van der Waals surface area (Å²) in [7, 11) is 0. The lowest BCUT2D eigenvalue weighted by Gasteiger charge is -2.29. The van der Waals surface area contributed by atoms with Gasteiger partial charge in [0, 0.05) is 30.7 Å². The molecule has 0 saturated carbocycles. The van der Waals surface area contributed by atoms with Gasteiger partial charge in [-0.1, -0.05) is 26.0 Å². The summed E-state index contributed by atoms with van der Waals surface area (Å²) in [6, 6.07) is 7.30. The van der Waals surface area contributed by atoms with Crippen LogP contribution in [-0.4, -0.2) is 24.2 Å². The van der Waals surface area contributed by atoms with Gasteiger partial charge in [-0.2, -0.15) is 0 Å². The summed E-state index contributed by atoms with van der Waals surface area (Å²) in [6.45, 7) is 5.80. The van der Waals surface area contributed by atoms with E-state index >= 15 is 0 Å². The minimum Gasteiger partial charge on any atom is -0.396 e. The van der Waals surface area contributed by atoms with Crippen LogP contribution in [0.3, 0.4) is 0 Å². The summed E-state index contributed by atoms with van der Waals surface area (Å²) >= 11 is 0. The molecule has 0 spiro atoms. The lowest BCUT2D eigenvalue weighted by molar-refractivity contribution is 0.1000. The van der Waals surface area contributed by atoms with E-state index in [-0.39, 0.29) is 12.0 Å². The maximum absolute atomic E-state index is 11.1. The largest absolute Gasteiger partial charge is 0.396 e. The maximum atomic E-state index is 11.1. The van der Waals surface area contributed by atoms with Gasteiger partial charge in [0.2, 0.25) is 5.91 Å². The Morgan fingerprint density at radius 3 is 2.58 bits per heavy atom. The summed E-state index contributed by atoms with van der Waals surface area (Å²) in [5.41, 5.74) is 6.75. The standard InChI is InChI=1S/C15H24N2O2/c1-3-15(4-2,11-18)10-17-9-12-6-5-7-13(8-12)14(16)19/h5-8,17-18H,3-4,9-11H2,1-2H3,(H2,16,19). The number of aliphatic hydroxyl groups excluding tert-OH is 1. The van der Waals surface area contributed by atoms with Crippen LogP contribution >= 0.6 is 0 Å². The highest BCUT2D eigenvalue weighted by Gasteiger charge is 2.24. The molecular weight excluding hydrogens is 240 g/mol. The molecule has 0 radical (unpaired) electrons. The SMILES string of the molecule is CCC(CC)(CO)CNCc1cccc(C(N)=O)c1. The topological polar surface area (TPSA) is 75.3 Å². The molecule has 1 aromatic rings. The Hall–Kier alpha value is -1.39. The molecule has 0 bridgehead atoms. The van der Waals surface area contributed by atoms with Crippen molar-refractivity contribution >= 4 is 5.91 Å². The zero-order valence-electron chi connectivity index (χ0n) is 11.8. The van der Waals surface area contributed by atoms with E-state index in [0.717, 1.165) is 24.9 Å². The number of benzene rings is 1. The number of nitrogens with two attached hydrogens (primary N) is 1. The Kier molecular flexibility index (Phi) is 5.99. The van der Waals surface area contributed by atoms with Gasteiger partial charge in [0.05, 0.1) is 0 Å². The van der Waals surface area contributed by atoms with Gasteiger partial charge >= 0.3 is 0 Å². The maximum Gasteiger partial charge on any atom is 0.248 e. The summed E-state index contributed by atoms with van der Waals surface area (Å²) < 4.78 is 0. The fourth-order valence-corrected chi connectivity index (χ4v) is 2.09. The van der Waals surface area contributed by atoms with E-state index in [4.69, 9.17) is 5.73 Å². The molecule has 0 aromatic heterocycles. The number of primary amides is 1. The van der Waals surface area contributed by atoms with Crippen molar-refractivity contribution < 1.29 is 9.90 Å². The smallest absolute Gasteiger partial charge is 0.248 e. The second kappa shape index (κ2) is 7.26. The first-order valence-electron chi connectivity index (χ1n) is 6.77. The normalized spacial score (nSPS) is 11.5. The minimum atomic E-state index is -0.409. The molecule has 0 atom stereocenters. The zero-order valence-corrected chi connectivity index (χ0v) is 11.8. The Morgan fingerprint density at radius 2 is 2.05 bits per heavy atom. The Morgan fingerprint density at radius 1 is 1.37 bits per heavy atom. The van der Waals surface area contributed by atoms with E-state index in [1.807, 2.05) is 12.1 Å². The fraction of sp³-hybridized carbons (Fsp3) is 0.533. The van der Waals surface area contributed by atoms with Gasteiger partial charge in [0.1, 0.15) is 0 Å². The number of hydrogen-bond acceptors (Lipinski definition) is 3. The second-order valence-electron chi connectivity index (χ2n) is 5.03. The molecule has 4 nitrogen and oxygen atoms in total. The van der Waals surface area contributed by atoms with Crippen LogP contribution in [0, 0.1) is 5.41 Å². The molecule has 1 amide bonds. The number of nitrogens with one attached hydrogen (secondary N) is 1. The summed E-state index contributed by atoms with van der Waals surface area (Å²) in [4.78, 5) is 11.1. The first-order valence-corrected chi connectivity index (χ1v) is 6.77. The molecule has 0 fully saturated rings. The quantitative estimate of drug-likeness (QED) is 0.668. The van der Waals surface area contributed by atoms with Crippen molar-refractivity contribution in [1.82, 2.24) is 5.32 Å². The first kappa shape index (κ1) is 15.7. The first-order chi connectivity index (χ1) is 9.06. The summed E-state index contributed by atoms with van der Waals surface area (Å²) in [6.07, 6.45) is 1.88. The highest BCUT2D eigenvalue weighted by molar-refractivity contribution is 5.92. The van der Waals surface area contributed by atoms with Gasteiger partial charge < -0.3 is 16.2 Å². The molecule has 1 aromatic carbocycles. The molecule has 0 aliphatic rings. The predicted molar refractivity (Wildman–Crippen MR) is 76.8 cm³/mol. The molecule has 106 valence electrons. The molecule has 4 N–H and O–H groups in total. The monoisotopic (exact) mass is 264 g/mol. The Balaban J connectivity index is 2.57. The van der Waals surface area contributed by atoms with Crippen molar-refractivity contribution in [3.8, 4) is 0 Å². The molecule has 19 heavy (non-hydrogen) atoms. The van der Waals surface area contributed by atoms with Gasteiger partial charge in [-0.3, -0.25) is 4.79 Å². The van der Waals surface area contributed by atoms with E-state index in [0.29, 0.717) is 12.1 Å². The van der Waals surface area contributed by atoms with Crippen molar-refractivity contribution in [3.63, 3.8) is 0 Å². The third-order valence-electron chi connectivity index (χ3n) is 3.88. The van der Waals surface area contributed by atoms with E-state index in [9.17, 15) is 9.90 Å². The van der Waals surface area contributed by atoms with Crippen molar-refractivity contribution in [3.05, 3.63) is 35.4 Å². The predicted octanol–water partition coefficient (Wildman–Crippen LogP) is 1.67. The molecule has 0 unspecified atom stereocenters. The average molecular weight is 264 g/mol. The van der Waals surface area contributed by atoms with Gasteiger partial charge in [0.25, 0.3) is 0 Å². The number of rotatable bonds is 8. The van der Waals surface area contributed by atoms with Gasteiger partial charge in [-0.15, -0.1) is 0 Å². The van der Waals surface area contributed by atoms with E-state index in [2.05, 4.69) is 19.2 Å². The molecule has 0 aliphatic heterocycles. The highest BCUT2D eigenvalue weighted by Crippen LogP contribution is 2.24. The Labute approximate surface area is 115 Å². The number of carbonyl (C=O) groups excluding carboxylic acids is 1. The fourth-order valence-electron chi connectivity index (χ4n) is 2.09. The number of hydrogen-bond donors (Lipinski definition) is 3.